The molecule has 0 heterocycles. The van der Waals surface area contributed by atoms with E-state index in [2.05, 4.69) is 303 Å². The van der Waals surface area contributed by atoms with Crippen LogP contribution >= 0.6 is 0 Å². The Morgan fingerprint density at radius 2 is 0.245 bits per heavy atom. The number of hydrogen-bond acceptors (Lipinski definition) is 0. The van der Waals surface area contributed by atoms with Crippen molar-refractivity contribution in [3.8, 4) is 66.8 Å². The van der Waals surface area contributed by atoms with Crippen LogP contribution in [-0.2, 0) is 0 Å². The minimum absolute atomic E-state index is 1.23. The molecule has 0 aliphatic rings. The van der Waals surface area contributed by atoms with E-state index in [1.807, 2.05) is 0 Å². The number of benzene rings is 17. The molecule has 0 nitrogen and oxygen atoms in total. The van der Waals surface area contributed by atoms with E-state index in [1.54, 1.807) is 0 Å². The number of fused-ring (bicyclic) bond motifs is 18. The molecule has 0 saturated carbocycles. The highest BCUT2D eigenvalue weighted by Crippen LogP contribution is 2.63. The smallest absolute Gasteiger partial charge is 0.000717 e. The molecule has 426 valence electrons. The molecule has 0 radical (unpaired) electrons. The zero-order valence-corrected chi connectivity index (χ0v) is 50.9. The van der Waals surface area contributed by atoms with Gasteiger partial charge in [0.25, 0.3) is 0 Å². The van der Waals surface area contributed by atoms with Crippen LogP contribution in [-0.4, -0.2) is 0 Å². The Balaban J connectivity index is 0.934. The first kappa shape index (κ1) is 49.5. The lowest BCUT2D eigenvalue weighted by Gasteiger charge is -2.16. The highest BCUT2D eigenvalue weighted by molar-refractivity contribution is 6.55. The molecule has 0 amide bonds. The van der Waals surface area contributed by atoms with Crippen LogP contribution < -0.4 is 0 Å². The van der Waals surface area contributed by atoms with Gasteiger partial charge in [-0.25, -0.2) is 0 Å². The zero-order valence-electron chi connectivity index (χ0n) is 50.9. The van der Waals surface area contributed by atoms with Gasteiger partial charge in [-0.2, -0.15) is 0 Å². The second-order valence-electron chi connectivity index (χ2n) is 26.5. The molecule has 23 rings (SSSR count). The topological polar surface area (TPSA) is 0 Å². The summed E-state index contributed by atoms with van der Waals surface area (Å²) in [7, 11) is 0. The fraction of sp³-hybridized carbons (Fsp3) is 0. The van der Waals surface area contributed by atoms with E-state index in [-0.39, 0.29) is 0 Å². The Hall–Kier alpha value is -12.2. The third-order valence-corrected chi connectivity index (χ3v) is 22.2. The van der Waals surface area contributed by atoms with Gasteiger partial charge in [-0.3, -0.25) is 0 Å². The van der Waals surface area contributed by atoms with Crippen molar-refractivity contribution in [1.82, 2.24) is 0 Å². The second kappa shape index (κ2) is 17.8. The van der Waals surface area contributed by atoms with Crippen LogP contribution in [0.5, 0.6) is 0 Å². The van der Waals surface area contributed by atoms with Crippen molar-refractivity contribution in [2.45, 2.75) is 0 Å². The monoisotopic (exact) mass is 1180 g/mol. The normalized spacial score (nSPS) is 12.7. The zero-order chi connectivity index (χ0) is 60.8. The molecule has 0 spiro atoms. The third-order valence-electron chi connectivity index (χ3n) is 22.2. The minimum Gasteiger partial charge on any atom is -0.0622 e. The lowest BCUT2D eigenvalue weighted by Crippen LogP contribution is -1.88. The molecule has 0 N–H and O–H groups in total. The first-order chi connectivity index (χ1) is 46.8. The standard InChI is InChI=1S/C94H50/c1-7-23-53(24-8-1)73-83-59-39-19-35-51-36-20-40-60(71(51)59)84(83)74(54-25-9-2-10-26-54)88-64-44-48-68-81-67(47-43-63(79(64)81)87(73)88)91-77(57-31-15-5-16-32-57)93-69-49-45-65-80-66(46-50-70(82(69)80)94(93)78(92(68)91)58-33-17-6-18-34-58)90-76(56-29-13-4-14-30-56)86-62-42-22-38-52-37-21-41-61(72(52)62)85(86)75(89(65)90)55-27-11-3-12-28-55/h1-50H. The van der Waals surface area contributed by atoms with Crippen LogP contribution in [0.2, 0.25) is 0 Å². The fourth-order valence-corrected chi connectivity index (χ4v) is 19.0. The molecule has 94 heavy (non-hydrogen) atoms. The predicted octanol–water partition coefficient (Wildman–Crippen LogP) is 26.8. The van der Waals surface area contributed by atoms with Crippen LogP contribution in [0, 0.1) is 0 Å². The maximum atomic E-state index is 2.52. The summed E-state index contributed by atoms with van der Waals surface area (Å²) >= 11 is 0. The number of hydrogen-bond donors (Lipinski definition) is 0. The molecule has 23 aromatic rings. The first-order valence-electron chi connectivity index (χ1n) is 33.1. The molecule has 0 aromatic heterocycles. The lowest BCUT2D eigenvalue weighted by atomic mass is 9.86. The summed E-state index contributed by atoms with van der Waals surface area (Å²) in [6.07, 6.45) is 0. The van der Waals surface area contributed by atoms with Gasteiger partial charge in [-0.05, 0) is 239 Å². The molecule has 0 atom stereocenters. The summed E-state index contributed by atoms with van der Waals surface area (Å²) in [5.41, 5.74) is 15.3. The van der Waals surface area contributed by atoms with Crippen LogP contribution in [0.1, 0.15) is 0 Å². The maximum absolute atomic E-state index is 2.52. The molecule has 0 saturated heterocycles. The van der Waals surface area contributed by atoms with E-state index < -0.39 is 0 Å². The van der Waals surface area contributed by atoms with Gasteiger partial charge in [0, 0.05) is 0 Å². The molecular formula is C94H50. The molecule has 0 aliphatic heterocycles. The molecule has 0 bridgehead atoms. The van der Waals surface area contributed by atoms with Gasteiger partial charge in [0.1, 0.15) is 0 Å². The van der Waals surface area contributed by atoms with Crippen molar-refractivity contribution in [2.24, 2.45) is 0 Å². The summed E-state index contributed by atoms with van der Waals surface area (Å²) in [6, 6.07) is 116. The van der Waals surface area contributed by atoms with Gasteiger partial charge in [0.15, 0.2) is 0 Å². The highest BCUT2D eigenvalue weighted by Gasteiger charge is 2.34. The molecule has 0 aliphatic carbocycles. The summed E-state index contributed by atoms with van der Waals surface area (Å²) in [6.45, 7) is 0. The minimum atomic E-state index is 1.23. The van der Waals surface area contributed by atoms with Gasteiger partial charge in [0.2, 0.25) is 0 Å². The van der Waals surface area contributed by atoms with E-state index in [1.165, 1.54) is 239 Å². The van der Waals surface area contributed by atoms with E-state index in [4.69, 9.17) is 0 Å². The predicted molar refractivity (Wildman–Crippen MR) is 406 cm³/mol. The van der Waals surface area contributed by atoms with Crippen molar-refractivity contribution in [1.29, 1.82) is 0 Å². The Morgan fingerprint density at radius 1 is 0.0957 bits per heavy atom. The fourth-order valence-electron chi connectivity index (χ4n) is 19.0. The highest BCUT2D eigenvalue weighted by atomic mass is 14.4. The number of rotatable bonds is 6. The van der Waals surface area contributed by atoms with Gasteiger partial charge >= 0.3 is 0 Å². The summed E-state index contributed by atoms with van der Waals surface area (Å²) in [5.74, 6) is 0. The third kappa shape index (κ3) is 5.98. The molecule has 0 unspecified atom stereocenters. The van der Waals surface area contributed by atoms with Crippen molar-refractivity contribution in [3.05, 3.63) is 303 Å². The van der Waals surface area contributed by atoms with E-state index in [9.17, 15) is 0 Å². The summed E-state index contributed by atoms with van der Waals surface area (Å²) < 4.78 is 0. The van der Waals surface area contributed by atoms with Crippen LogP contribution in [0.15, 0.2) is 303 Å². The van der Waals surface area contributed by atoms with Gasteiger partial charge in [0.05, 0.1) is 0 Å². The van der Waals surface area contributed by atoms with Crippen LogP contribution in [0.4, 0.5) is 0 Å². The van der Waals surface area contributed by atoms with Crippen molar-refractivity contribution < 1.29 is 0 Å². The SMILES string of the molecule is c1ccc(-c2c3c4cccc5cccc(c3c(-c3ccccc3)c3c6ccc7c8c(-c9ccccc9)c9c%10ccc%11c%12c(-c%13ccccc%13)c%13c%14cccc%15cccc(c%13c(-c%13ccccc%13)c%12c%12ccc(c9c(-c9ccccc9)c8c8ccc(c23)c6c87)c%10c%12%11)c%15%14)c54)cc1. The van der Waals surface area contributed by atoms with Crippen LogP contribution in [0.3, 0.4) is 0 Å². The largest absolute Gasteiger partial charge is 0.0622 e. The van der Waals surface area contributed by atoms with E-state index >= 15 is 0 Å². The second-order valence-corrected chi connectivity index (χ2v) is 26.5. The molecular weight excluding hydrogens is 1130 g/mol. The van der Waals surface area contributed by atoms with Gasteiger partial charge in [-0.1, -0.05) is 303 Å². The maximum Gasteiger partial charge on any atom is -0.000717 e. The first-order valence-corrected chi connectivity index (χ1v) is 33.1. The average molecular weight is 1180 g/mol. The van der Waals surface area contributed by atoms with Crippen molar-refractivity contribution >= 4 is 172 Å². The Kier molecular flexibility index (Phi) is 9.40. The Labute approximate surface area is 539 Å². The summed E-state index contributed by atoms with van der Waals surface area (Å²) in [4.78, 5) is 0. The molecule has 23 aromatic carbocycles. The Bertz CT molecular complexity index is 6310. The van der Waals surface area contributed by atoms with Crippen molar-refractivity contribution in [3.63, 3.8) is 0 Å². The molecule has 0 fully saturated rings. The lowest BCUT2D eigenvalue weighted by molar-refractivity contribution is 1.68. The Morgan fingerprint density at radius 3 is 0.404 bits per heavy atom. The quantitative estimate of drug-likeness (QED) is 0.156. The molecule has 0 heteroatoms. The van der Waals surface area contributed by atoms with Gasteiger partial charge in [-0.15, -0.1) is 0 Å². The van der Waals surface area contributed by atoms with Crippen LogP contribution in [0.25, 0.3) is 239 Å². The van der Waals surface area contributed by atoms with Crippen molar-refractivity contribution in [2.75, 3.05) is 0 Å². The average Bonchev–Trinajstić information content (AvgIpc) is 1.50. The van der Waals surface area contributed by atoms with Gasteiger partial charge < -0.3 is 0 Å². The summed E-state index contributed by atoms with van der Waals surface area (Å²) in [5, 5.41) is 42.2. The van der Waals surface area contributed by atoms with E-state index in [0.29, 0.717) is 0 Å². The van der Waals surface area contributed by atoms with E-state index in [0.717, 1.165) is 0 Å².